The zero-order valence-electron chi connectivity index (χ0n) is 7.90. The number of imidazole rings is 1. The first-order valence-electron chi connectivity index (χ1n) is 4.60. The van der Waals surface area contributed by atoms with Crippen molar-refractivity contribution >= 4 is 0 Å². The van der Waals surface area contributed by atoms with Crippen LogP contribution in [0, 0.1) is 0 Å². The van der Waals surface area contributed by atoms with E-state index in [1.807, 2.05) is 12.3 Å². The topological polar surface area (TPSA) is 28.7 Å². The molecule has 70 valence electrons. The summed E-state index contributed by atoms with van der Waals surface area (Å²) in [5, 5.41) is 0. The largest absolute Gasteiger partial charge is 0.345 e. The fourth-order valence-corrected chi connectivity index (χ4v) is 1.39. The first-order valence-corrected chi connectivity index (χ1v) is 4.60. The van der Waals surface area contributed by atoms with E-state index in [0.717, 1.165) is 17.8 Å². The van der Waals surface area contributed by atoms with E-state index in [4.69, 9.17) is 0 Å². The molecule has 0 unspecified atom stereocenters. The van der Waals surface area contributed by atoms with Crippen molar-refractivity contribution in [2.24, 2.45) is 0 Å². The van der Waals surface area contributed by atoms with Gasteiger partial charge in [0.1, 0.15) is 5.82 Å². The summed E-state index contributed by atoms with van der Waals surface area (Å²) < 4.78 is 0. The lowest BCUT2D eigenvalue weighted by atomic mass is 10.1. The van der Waals surface area contributed by atoms with Gasteiger partial charge in [0.2, 0.25) is 0 Å². The number of hydrogen-bond donors (Lipinski definition) is 1. The van der Waals surface area contributed by atoms with Gasteiger partial charge in [-0.25, -0.2) is 4.98 Å². The molecule has 0 aliphatic rings. The maximum Gasteiger partial charge on any atom is 0.137 e. The number of hydrogen-bond acceptors (Lipinski definition) is 1. The van der Waals surface area contributed by atoms with Gasteiger partial charge in [-0.3, -0.25) is 0 Å². The van der Waals surface area contributed by atoms with Gasteiger partial charge in [-0.15, -0.1) is 6.58 Å². The molecule has 0 amide bonds. The van der Waals surface area contributed by atoms with Crippen molar-refractivity contribution in [1.29, 1.82) is 0 Å². The van der Waals surface area contributed by atoms with Gasteiger partial charge in [0, 0.05) is 18.0 Å². The number of nitrogens with zero attached hydrogens (tertiary/aromatic N) is 1. The summed E-state index contributed by atoms with van der Waals surface area (Å²) >= 11 is 0. The predicted octanol–water partition coefficient (Wildman–Crippen LogP) is 2.81. The predicted molar refractivity (Wildman–Crippen MR) is 57.9 cm³/mol. The van der Waals surface area contributed by atoms with E-state index in [0.29, 0.717) is 0 Å². The van der Waals surface area contributed by atoms with Gasteiger partial charge in [0.25, 0.3) is 0 Å². The minimum absolute atomic E-state index is 0.912. The van der Waals surface area contributed by atoms with Crippen LogP contribution in [0.5, 0.6) is 0 Å². The molecule has 0 fully saturated rings. The maximum atomic E-state index is 4.19. The lowest BCUT2D eigenvalue weighted by molar-refractivity contribution is 1.26. The van der Waals surface area contributed by atoms with Gasteiger partial charge in [-0.2, -0.15) is 0 Å². The normalized spacial score (nSPS) is 10.0. The SMILES string of the molecule is C=CCc1ccc(-c2ncc[nH]2)cc1. The molecule has 1 heterocycles. The second-order valence-corrected chi connectivity index (χ2v) is 3.13. The summed E-state index contributed by atoms with van der Waals surface area (Å²) in [5.41, 5.74) is 2.39. The summed E-state index contributed by atoms with van der Waals surface area (Å²) in [6, 6.07) is 8.33. The molecule has 0 saturated carbocycles. The molecule has 2 heteroatoms. The van der Waals surface area contributed by atoms with Crippen LogP contribution in [0.3, 0.4) is 0 Å². The van der Waals surface area contributed by atoms with Gasteiger partial charge in [0.15, 0.2) is 0 Å². The molecule has 1 N–H and O–H groups in total. The average molecular weight is 184 g/mol. The lowest BCUT2D eigenvalue weighted by Gasteiger charge is -1.99. The number of benzene rings is 1. The van der Waals surface area contributed by atoms with Crippen LogP contribution in [0.2, 0.25) is 0 Å². The molecular formula is C12H12N2. The lowest BCUT2D eigenvalue weighted by Crippen LogP contribution is -1.83. The second-order valence-electron chi connectivity index (χ2n) is 3.13. The third kappa shape index (κ3) is 1.74. The first-order chi connectivity index (χ1) is 6.90. The van der Waals surface area contributed by atoms with E-state index >= 15 is 0 Å². The van der Waals surface area contributed by atoms with Gasteiger partial charge in [-0.1, -0.05) is 30.3 Å². The fraction of sp³-hybridized carbons (Fsp3) is 0.0833. The van der Waals surface area contributed by atoms with Crippen molar-refractivity contribution in [1.82, 2.24) is 9.97 Å². The van der Waals surface area contributed by atoms with Crippen molar-refractivity contribution in [2.45, 2.75) is 6.42 Å². The highest BCUT2D eigenvalue weighted by Crippen LogP contribution is 2.15. The van der Waals surface area contributed by atoms with Crippen LogP contribution < -0.4 is 0 Å². The monoisotopic (exact) mass is 184 g/mol. The van der Waals surface area contributed by atoms with Crippen molar-refractivity contribution in [2.75, 3.05) is 0 Å². The van der Waals surface area contributed by atoms with Crippen molar-refractivity contribution in [3.63, 3.8) is 0 Å². The maximum absolute atomic E-state index is 4.19. The standard InChI is InChI=1S/C12H12N2/c1-2-3-10-4-6-11(7-5-10)12-13-8-9-14-12/h2,4-9H,1,3H2,(H,13,14). The molecule has 1 aromatic carbocycles. The van der Waals surface area contributed by atoms with Gasteiger partial charge in [0.05, 0.1) is 0 Å². The second kappa shape index (κ2) is 3.92. The Morgan fingerprint density at radius 1 is 1.29 bits per heavy atom. The van der Waals surface area contributed by atoms with Crippen molar-refractivity contribution < 1.29 is 0 Å². The number of H-pyrrole nitrogens is 1. The van der Waals surface area contributed by atoms with Crippen LogP contribution in [-0.4, -0.2) is 9.97 Å². The molecule has 0 spiro atoms. The van der Waals surface area contributed by atoms with Crippen molar-refractivity contribution in [3.8, 4) is 11.4 Å². The van der Waals surface area contributed by atoms with Gasteiger partial charge < -0.3 is 4.98 Å². The number of nitrogens with one attached hydrogen (secondary N) is 1. The Labute approximate surface area is 83.3 Å². The Kier molecular flexibility index (Phi) is 2.45. The molecular weight excluding hydrogens is 172 g/mol. The highest BCUT2D eigenvalue weighted by atomic mass is 14.9. The minimum atomic E-state index is 0.912. The molecule has 2 aromatic rings. The Balaban J connectivity index is 2.26. The molecule has 0 bridgehead atoms. The van der Waals surface area contributed by atoms with E-state index in [9.17, 15) is 0 Å². The minimum Gasteiger partial charge on any atom is -0.345 e. The van der Waals surface area contributed by atoms with Crippen molar-refractivity contribution in [3.05, 3.63) is 54.9 Å². The fourth-order valence-electron chi connectivity index (χ4n) is 1.39. The summed E-state index contributed by atoms with van der Waals surface area (Å²) in [6.45, 7) is 3.71. The third-order valence-corrected chi connectivity index (χ3v) is 2.11. The Morgan fingerprint density at radius 2 is 2.07 bits per heavy atom. The van der Waals surface area contributed by atoms with Crippen LogP contribution in [0.4, 0.5) is 0 Å². The molecule has 2 rings (SSSR count). The van der Waals surface area contributed by atoms with Gasteiger partial charge in [-0.05, 0) is 12.0 Å². The molecule has 1 aromatic heterocycles. The number of rotatable bonds is 3. The van der Waals surface area contributed by atoms with Gasteiger partial charge >= 0.3 is 0 Å². The molecule has 0 atom stereocenters. The Bertz CT molecular complexity index is 398. The smallest absolute Gasteiger partial charge is 0.137 e. The summed E-state index contributed by atoms with van der Waals surface area (Å²) in [4.78, 5) is 7.26. The van der Waals surface area contributed by atoms with Crippen LogP contribution in [0.1, 0.15) is 5.56 Å². The number of allylic oxidation sites excluding steroid dienone is 1. The highest BCUT2D eigenvalue weighted by molar-refractivity contribution is 5.55. The Morgan fingerprint density at radius 3 is 2.64 bits per heavy atom. The molecule has 2 nitrogen and oxygen atoms in total. The first kappa shape index (κ1) is 8.75. The third-order valence-electron chi connectivity index (χ3n) is 2.11. The summed E-state index contributed by atoms with van der Waals surface area (Å²) in [5.74, 6) is 0.912. The van der Waals surface area contributed by atoms with Crippen LogP contribution in [-0.2, 0) is 6.42 Å². The van der Waals surface area contributed by atoms with Crippen LogP contribution in [0.15, 0.2) is 49.3 Å². The zero-order chi connectivity index (χ0) is 9.80. The molecule has 0 radical (unpaired) electrons. The van der Waals surface area contributed by atoms with E-state index in [1.54, 1.807) is 6.20 Å². The summed E-state index contributed by atoms with van der Waals surface area (Å²) in [6.07, 6.45) is 6.40. The quantitative estimate of drug-likeness (QED) is 0.730. The van der Waals surface area contributed by atoms with Crippen LogP contribution in [0.25, 0.3) is 11.4 Å². The molecule has 0 aliphatic heterocycles. The van der Waals surface area contributed by atoms with E-state index in [-0.39, 0.29) is 0 Å². The highest BCUT2D eigenvalue weighted by Gasteiger charge is 1.98. The van der Waals surface area contributed by atoms with E-state index in [2.05, 4.69) is 40.8 Å². The molecule has 0 saturated heterocycles. The zero-order valence-corrected chi connectivity index (χ0v) is 7.90. The van der Waals surface area contributed by atoms with Crippen LogP contribution >= 0.6 is 0 Å². The number of aromatic nitrogens is 2. The Hall–Kier alpha value is -1.83. The molecule has 0 aliphatic carbocycles. The number of aromatic amines is 1. The molecule has 14 heavy (non-hydrogen) atoms. The summed E-state index contributed by atoms with van der Waals surface area (Å²) in [7, 11) is 0. The van der Waals surface area contributed by atoms with E-state index < -0.39 is 0 Å². The van der Waals surface area contributed by atoms with E-state index in [1.165, 1.54) is 5.56 Å². The average Bonchev–Trinajstić information content (AvgIpc) is 2.72.